The largest absolute Gasteiger partial charge is 0.482 e. The third kappa shape index (κ3) is 1.97. The molecule has 1 heterocycles. The molecule has 1 amide bonds. The van der Waals surface area contributed by atoms with Crippen LogP contribution >= 0.6 is 0 Å². The molecule has 0 unspecified atom stereocenters. The minimum atomic E-state index is -0.163. The van der Waals surface area contributed by atoms with Crippen molar-refractivity contribution in [3.63, 3.8) is 0 Å². The number of hydrogen-bond acceptors (Lipinski definition) is 3. The van der Waals surface area contributed by atoms with E-state index in [1.54, 1.807) is 18.2 Å². The van der Waals surface area contributed by atoms with Crippen LogP contribution in [-0.4, -0.2) is 12.5 Å². The summed E-state index contributed by atoms with van der Waals surface area (Å²) in [5, 5.41) is 11.1. The molecule has 4 nitrogen and oxygen atoms in total. The van der Waals surface area contributed by atoms with Crippen molar-refractivity contribution in [1.82, 2.24) is 0 Å². The van der Waals surface area contributed by atoms with Crippen LogP contribution in [0.25, 0.3) is 6.08 Å². The molecule has 4 heteroatoms. The number of rotatable bonds is 1. The van der Waals surface area contributed by atoms with Crippen molar-refractivity contribution < 1.29 is 9.53 Å². The maximum atomic E-state index is 11.0. The van der Waals surface area contributed by atoms with Gasteiger partial charge in [0.05, 0.1) is 11.8 Å². The fourth-order valence-corrected chi connectivity index (χ4v) is 1.34. The van der Waals surface area contributed by atoms with E-state index < -0.39 is 0 Å². The van der Waals surface area contributed by atoms with Gasteiger partial charge in [0.1, 0.15) is 5.75 Å². The number of fused-ring (bicyclic) bond motifs is 1. The summed E-state index contributed by atoms with van der Waals surface area (Å²) < 4.78 is 5.19. The lowest BCUT2D eigenvalue weighted by atomic mass is 10.1. The van der Waals surface area contributed by atoms with Crippen LogP contribution in [0.4, 0.5) is 5.69 Å². The molecule has 0 aliphatic carbocycles. The van der Waals surface area contributed by atoms with Gasteiger partial charge in [-0.15, -0.1) is 0 Å². The van der Waals surface area contributed by atoms with Crippen molar-refractivity contribution in [2.45, 2.75) is 0 Å². The van der Waals surface area contributed by atoms with E-state index in [1.165, 1.54) is 6.08 Å². The fraction of sp³-hybridized carbons (Fsp3) is 0.0909. The number of nitriles is 1. The van der Waals surface area contributed by atoms with Crippen LogP contribution in [0.15, 0.2) is 24.3 Å². The SMILES string of the molecule is N#CC=Cc1ccc2c(c1)NC(=O)CO2. The number of hydrogen-bond donors (Lipinski definition) is 1. The Kier molecular flexibility index (Phi) is 2.38. The molecular weight excluding hydrogens is 192 g/mol. The number of amides is 1. The number of nitrogens with zero attached hydrogens (tertiary/aromatic N) is 1. The second-order valence-corrected chi connectivity index (χ2v) is 3.05. The second kappa shape index (κ2) is 3.84. The lowest BCUT2D eigenvalue weighted by Crippen LogP contribution is -2.25. The van der Waals surface area contributed by atoms with Crippen molar-refractivity contribution >= 4 is 17.7 Å². The predicted octanol–water partition coefficient (Wildman–Crippen LogP) is 1.55. The number of allylic oxidation sites excluding steroid dienone is 1. The molecule has 1 N–H and O–H groups in total. The summed E-state index contributed by atoms with van der Waals surface area (Å²) in [4.78, 5) is 11.0. The van der Waals surface area contributed by atoms with Crippen LogP contribution in [-0.2, 0) is 4.79 Å². The molecule has 0 saturated heterocycles. The molecule has 0 aromatic heterocycles. The van der Waals surface area contributed by atoms with Crippen LogP contribution in [0.2, 0.25) is 0 Å². The molecule has 0 saturated carbocycles. The molecule has 0 spiro atoms. The molecule has 0 fully saturated rings. The van der Waals surface area contributed by atoms with Crippen LogP contribution < -0.4 is 10.1 Å². The smallest absolute Gasteiger partial charge is 0.262 e. The minimum Gasteiger partial charge on any atom is -0.482 e. The Morgan fingerprint density at radius 3 is 3.20 bits per heavy atom. The third-order valence-electron chi connectivity index (χ3n) is 1.99. The molecule has 1 aromatic carbocycles. The van der Waals surface area contributed by atoms with E-state index in [0.717, 1.165) is 5.56 Å². The number of carbonyl (C=O) groups is 1. The van der Waals surface area contributed by atoms with Crippen molar-refractivity contribution in [3.8, 4) is 11.8 Å². The molecule has 1 aliphatic heterocycles. The summed E-state index contributed by atoms with van der Waals surface area (Å²) in [5.41, 5.74) is 1.49. The summed E-state index contributed by atoms with van der Waals surface area (Å²) in [6.45, 7) is 0.0559. The first kappa shape index (κ1) is 9.28. The van der Waals surface area contributed by atoms with Crippen molar-refractivity contribution in [1.29, 1.82) is 5.26 Å². The van der Waals surface area contributed by atoms with Gasteiger partial charge < -0.3 is 10.1 Å². The van der Waals surface area contributed by atoms with E-state index >= 15 is 0 Å². The molecule has 2 rings (SSSR count). The van der Waals surface area contributed by atoms with Crippen LogP contribution in [0, 0.1) is 11.3 Å². The lowest BCUT2D eigenvalue weighted by molar-refractivity contribution is -0.118. The maximum Gasteiger partial charge on any atom is 0.262 e. The zero-order valence-electron chi connectivity index (χ0n) is 7.86. The molecule has 0 radical (unpaired) electrons. The molecular formula is C11H8N2O2. The Balaban J connectivity index is 2.33. The summed E-state index contributed by atoms with van der Waals surface area (Å²) in [6, 6.07) is 7.26. The van der Waals surface area contributed by atoms with E-state index in [1.807, 2.05) is 12.1 Å². The van der Waals surface area contributed by atoms with Crippen molar-refractivity contribution in [2.24, 2.45) is 0 Å². The number of carbonyl (C=O) groups excluding carboxylic acids is 1. The first-order valence-corrected chi connectivity index (χ1v) is 4.42. The average molecular weight is 200 g/mol. The Morgan fingerprint density at radius 1 is 1.53 bits per heavy atom. The highest BCUT2D eigenvalue weighted by atomic mass is 16.5. The molecule has 1 aliphatic rings. The predicted molar refractivity (Wildman–Crippen MR) is 55.2 cm³/mol. The summed E-state index contributed by atoms with van der Waals surface area (Å²) in [6.07, 6.45) is 3.05. The maximum absolute atomic E-state index is 11.0. The number of benzene rings is 1. The highest BCUT2D eigenvalue weighted by molar-refractivity contribution is 5.95. The molecule has 0 atom stereocenters. The first-order valence-electron chi connectivity index (χ1n) is 4.42. The van der Waals surface area contributed by atoms with Gasteiger partial charge >= 0.3 is 0 Å². The highest BCUT2D eigenvalue weighted by Gasteiger charge is 2.15. The standard InChI is InChI=1S/C11H8N2O2/c12-5-1-2-8-3-4-10-9(6-8)13-11(14)7-15-10/h1-4,6H,7H2,(H,13,14). The topological polar surface area (TPSA) is 62.1 Å². The van der Waals surface area contributed by atoms with E-state index in [-0.39, 0.29) is 12.5 Å². The Labute approximate surface area is 86.8 Å². The zero-order valence-corrected chi connectivity index (χ0v) is 7.86. The normalized spacial score (nSPS) is 13.9. The Hall–Kier alpha value is -2.28. The van der Waals surface area contributed by atoms with Gasteiger partial charge in [-0.05, 0) is 23.8 Å². The van der Waals surface area contributed by atoms with Crippen molar-refractivity contribution in [2.75, 3.05) is 11.9 Å². The van der Waals surface area contributed by atoms with E-state index in [0.29, 0.717) is 11.4 Å². The first-order chi connectivity index (χ1) is 7.29. The summed E-state index contributed by atoms with van der Waals surface area (Å²) >= 11 is 0. The monoisotopic (exact) mass is 200 g/mol. The van der Waals surface area contributed by atoms with Gasteiger partial charge in [-0.1, -0.05) is 6.07 Å². The van der Waals surface area contributed by atoms with Gasteiger partial charge in [-0.3, -0.25) is 4.79 Å². The quantitative estimate of drug-likeness (QED) is 0.699. The van der Waals surface area contributed by atoms with Gasteiger partial charge in [0, 0.05) is 6.08 Å². The van der Waals surface area contributed by atoms with E-state index in [9.17, 15) is 4.79 Å². The second-order valence-electron chi connectivity index (χ2n) is 3.05. The molecule has 0 bridgehead atoms. The Morgan fingerprint density at radius 2 is 2.40 bits per heavy atom. The average Bonchev–Trinajstić information content (AvgIpc) is 2.25. The highest BCUT2D eigenvalue weighted by Crippen LogP contribution is 2.28. The van der Waals surface area contributed by atoms with Gasteiger partial charge in [0.25, 0.3) is 5.91 Å². The third-order valence-corrected chi connectivity index (χ3v) is 1.99. The van der Waals surface area contributed by atoms with Crippen LogP contribution in [0.1, 0.15) is 5.56 Å². The number of ether oxygens (including phenoxy) is 1. The van der Waals surface area contributed by atoms with Crippen LogP contribution in [0.5, 0.6) is 5.75 Å². The molecule has 1 aromatic rings. The molecule has 15 heavy (non-hydrogen) atoms. The number of nitrogens with one attached hydrogen (secondary N) is 1. The fourth-order valence-electron chi connectivity index (χ4n) is 1.34. The van der Waals surface area contributed by atoms with Gasteiger partial charge in [0.2, 0.25) is 0 Å². The van der Waals surface area contributed by atoms with Gasteiger partial charge in [-0.2, -0.15) is 5.26 Å². The Bertz CT molecular complexity index is 472. The lowest BCUT2D eigenvalue weighted by Gasteiger charge is -2.17. The van der Waals surface area contributed by atoms with Gasteiger partial charge in [-0.25, -0.2) is 0 Å². The zero-order chi connectivity index (χ0) is 10.7. The van der Waals surface area contributed by atoms with Crippen molar-refractivity contribution in [3.05, 3.63) is 29.8 Å². The summed E-state index contributed by atoms with van der Waals surface area (Å²) in [7, 11) is 0. The van der Waals surface area contributed by atoms with Gasteiger partial charge in [0.15, 0.2) is 6.61 Å². The van der Waals surface area contributed by atoms with E-state index in [2.05, 4.69) is 5.32 Å². The van der Waals surface area contributed by atoms with E-state index in [4.69, 9.17) is 10.00 Å². The molecule has 74 valence electrons. The number of anilines is 1. The summed E-state index contributed by atoms with van der Waals surface area (Å²) in [5.74, 6) is 0.493. The minimum absolute atomic E-state index is 0.0559. The van der Waals surface area contributed by atoms with Crippen LogP contribution in [0.3, 0.4) is 0 Å².